The number of carbonyl (C=O) groups excluding carboxylic acids is 3. The molecule has 2 heterocycles. The molecule has 0 amide bonds. The number of ether oxygens (including phenoxy) is 5. The molecule has 0 unspecified atom stereocenters. The molecule has 0 aromatic carbocycles. The van der Waals surface area contributed by atoms with Crippen LogP contribution in [0, 0.1) is 23.7 Å². The summed E-state index contributed by atoms with van der Waals surface area (Å²) >= 11 is 0. The van der Waals surface area contributed by atoms with Gasteiger partial charge in [-0.3, -0.25) is 14.4 Å². The normalized spacial score (nSPS) is 31.1. The Morgan fingerprint density at radius 1 is 1.13 bits per heavy atom. The van der Waals surface area contributed by atoms with E-state index in [2.05, 4.69) is 0 Å². The Labute approximate surface area is 183 Å². The van der Waals surface area contributed by atoms with Crippen LogP contribution in [-0.4, -0.2) is 49.1 Å². The largest absolute Gasteiger partial charge is 0.462 e. The van der Waals surface area contributed by atoms with E-state index in [1.54, 1.807) is 0 Å². The molecule has 5 atom stereocenters. The van der Waals surface area contributed by atoms with Crippen LogP contribution in [0.25, 0.3) is 0 Å². The third kappa shape index (κ3) is 5.59. The van der Waals surface area contributed by atoms with E-state index in [1.165, 1.54) is 13.2 Å². The standard InChI is InChI=1S/C23H34O8/c1-13(2)6-7-19(25)31-22-21-17(9-18(30-15(5)24)23(21)12-29-23)16(11-28-22)10-27-20(26)8-14(3)4/h11,13-14,17-18,21-22H,6-10,12H2,1-5H3/t17-,18+,21-,22-,23-/m0/s1. The van der Waals surface area contributed by atoms with E-state index in [9.17, 15) is 14.4 Å². The van der Waals surface area contributed by atoms with Crippen molar-refractivity contribution in [3.63, 3.8) is 0 Å². The van der Waals surface area contributed by atoms with Gasteiger partial charge in [0.05, 0.1) is 18.8 Å². The molecule has 1 saturated heterocycles. The number of fused-ring (bicyclic) bond motifs is 2. The average Bonchev–Trinajstić information content (AvgIpc) is 3.39. The van der Waals surface area contributed by atoms with Crippen molar-refractivity contribution in [2.24, 2.45) is 23.7 Å². The lowest BCUT2D eigenvalue weighted by Gasteiger charge is -2.35. The van der Waals surface area contributed by atoms with Crippen molar-refractivity contribution in [1.29, 1.82) is 0 Å². The van der Waals surface area contributed by atoms with Gasteiger partial charge in [-0.15, -0.1) is 0 Å². The summed E-state index contributed by atoms with van der Waals surface area (Å²) in [6.45, 7) is 9.84. The zero-order valence-corrected chi connectivity index (χ0v) is 19.1. The molecule has 174 valence electrons. The number of esters is 3. The summed E-state index contributed by atoms with van der Waals surface area (Å²) in [5.74, 6) is -0.879. The third-order valence-corrected chi connectivity index (χ3v) is 6.07. The zero-order valence-electron chi connectivity index (χ0n) is 19.1. The van der Waals surface area contributed by atoms with Crippen LogP contribution in [-0.2, 0) is 38.1 Å². The predicted molar refractivity (Wildman–Crippen MR) is 109 cm³/mol. The second kappa shape index (κ2) is 9.59. The van der Waals surface area contributed by atoms with Crippen LogP contribution < -0.4 is 0 Å². The smallest absolute Gasteiger partial charge is 0.308 e. The molecule has 2 aliphatic heterocycles. The van der Waals surface area contributed by atoms with Crippen LogP contribution in [0.5, 0.6) is 0 Å². The van der Waals surface area contributed by atoms with Gasteiger partial charge in [0.1, 0.15) is 18.3 Å². The zero-order chi connectivity index (χ0) is 22.8. The Kier molecular flexibility index (Phi) is 7.29. The minimum Gasteiger partial charge on any atom is -0.462 e. The molecule has 31 heavy (non-hydrogen) atoms. The monoisotopic (exact) mass is 438 g/mol. The van der Waals surface area contributed by atoms with Gasteiger partial charge in [-0.25, -0.2) is 0 Å². The van der Waals surface area contributed by atoms with Crippen molar-refractivity contribution >= 4 is 17.9 Å². The molecule has 1 spiro atoms. The SMILES string of the molecule is CC(=O)O[C@@H]1C[C@H]2C(COC(=O)CC(C)C)=CO[C@@H](OC(=O)CCC(C)C)[C@H]2[C@]12CO2. The number of hydrogen-bond donors (Lipinski definition) is 0. The first-order valence-electron chi connectivity index (χ1n) is 11.1. The van der Waals surface area contributed by atoms with Gasteiger partial charge in [0.2, 0.25) is 6.29 Å². The number of carbonyl (C=O) groups is 3. The van der Waals surface area contributed by atoms with Crippen LogP contribution in [0.3, 0.4) is 0 Å². The minimum atomic E-state index is -0.831. The van der Waals surface area contributed by atoms with Crippen molar-refractivity contribution in [2.75, 3.05) is 13.2 Å². The second-order valence-electron chi connectivity index (χ2n) is 9.59. The molecule has 0 bridgehead atoms. The fourth-order valence-corrected chi connectivity index (χ4v) is 4.46. The maximum absolute atomic E-state index is 12.4. The van der Waals surface area contributed by atoms with Gasteiger partial charge < -0.3 is 23.7 Å². The van der Waals surface area contributed by atoms with Gasteiger partial charge in [0.15, 0.2) is 0 Å². The fraction of sp³-hybridized carbons (Fsp3) is 0.783. The quantitative estimate of drug-likeness (QED) is 0.307. The molecular weight excluding hydrogens is 404 g/mol. The van der Waals surface area contributed by atoms with Crippen molar-refractivity contribution in [3.05, 3.63) is 11.8 Å². The van der Waals surface area contributed by atoms with E-state index in [-0.39, 0.29) is 42.3 Å². The lowest BCUT2D eigenvalue weighted by Crippen LogP contribution is -2.45. The highest BCUT2D eigenvalue weighted by Crippen LogP contribution is 2.57. The molecule has 0 aromatic heterocycles. The average molecular weight is 439 g/mol. The van der Waals surface area contributed by atoms with Gasteiger partial charge in [-0.05, 0) is 24.7 Å². The highest BCUT2D eigenvalue weighted by atomic mass is 16.7. The van der Waals surface area contributed by atoms with E-state index < -0.39 is 18.0 Å². The van der Waals surface area contributed by atoms with Crippen molar-refractivity contribution in [1.82, 2.24) is 0 Å². The molecule has 0 radical (unpaired) electrons. The summed E-state index contributed by atoms with van der Waals surface area (Å²) in [7, 11) is 0. The first-order chi connectivity index (χ1) is 14.6. The molecule has 2 fully saturated rings. The molecular formula is C23H34O8. The van der Waals surface area contributed by atoms with Crippen LogP contribution in [0.1, 0.15) is 60.3 Å². The minimum absolute atomic E-state index is 0.0869. The predicted octanol–water partition coefficient (Wildman–Crippen LogP) is 3.13. The Morgan fingerprint density at radius 2 is 1.84 bits per heavy atom. The molecule has 3 aliphatic rings. The molecule has 3 rings (SSSR count). The van der Waals surface area contributed by atoms with E-state index in [0.717, 1.165) is 12.0 Å². The van der Waals surface area contributed by atoms with E-state index in [0.29, 0.717) is 31.8 Å². The van der Waals surface area contributed by atoms with Crippen molar-refractivity contribution in [2.45, 2.75) is 78.3 Å². The van der Waals surface area contributed by atoms with Crippen LogP contribution in [0.2, 0.25) is 0 Å². The lowest BCUT2D eigenvalue weighted by atomic mass is 9.83. The molecule has 1 aliphatic carbocycles. The topological polar surface area (TPSA) is 101 Å². The Morgan fingerprint density at radius 3 is 2.42 bits per heavy atom. The summed E-state index contributed by atoms with van der Waals surface area (Å²) in [6.07, 6.45) is 2.10. The summed E-state index contributed by atoms with van der Waals surface area (Å²) in [4.78, 5) is 36.0. The van der Waals surface area contributed by atoms with Gasteiger partial charge in [0, 0.05) is 31.3 Å². The van der Waals surface area contributed by atoms with Crippen molar-refractivity contribution < 1.29 is 38.1 Å². The van der Waals surface area contributed by atoms with E-state index in [1.807, 2.05) is 27.7 Å². The molecule has 8 heteroatoms. The van der Waals surface area contributed by atoms with Crippen LogP contribution in [0.15, 0.2) is 11.8 Å². The third-order valence-electron chi connectivity index (χ3n) is 6.07. The van der Waals surface area contributed by atoms with Gasteiger partial charge >= 0.3 is 17.9 Å². The molecule has 8 nitrogen and oxygen atoms in total. The summed E-state index contributed by atoms with van der Waals surface area (Å²) in [5.41, 5.74) is 0.0435. The summed E-state index contributed by atoms with van der Waals surface area (Å²) < 4.78 is 28.3. The maximum atomic E-state index is 12.4. The van der Waals surface area contributed by atoms with Crippen molar-refractivity contribution in [3.8, 4) is 0 Å². The number of epoxide rings is 1. The van der Waals surface area contributed by atoms with Gasteiger partial charge in [-0.1, -0.05) is 27.7 Å². The molecule has 1 saturated carbocycles. The van der Waals surface area contributed by atoms with Gasteiger partial charge in [0.25, 0.3) is 0 Å². The highest BCUT2D eigenvalue weighted by Gasteiger charge is 2.70. The highest BCUT2D eigenvalue weighted by molar-refractivity contribution is 5.70. The first kappa shape index (κ1) is 23.6. The number of hydrogen-bond acceptors (Lipinski definition) is 8. The fourth-order valence-electron chi connectivity index (χ4n) is 4.46. The summed E-state index contributed by atoms with van der Waals surface area (Å²) in [5, 5.41) is 0. The van der Waals surface area contributed by atoms with Crippen LogP contribution in [0.4, 0.5) is 0 Å². The first-order valence-corrected chi connectivity index (χ1v) is 11.1. The van der Waals surface area contributed by atoms with Crippen LogP contribution >= 0.6 is 0 Å². The Bertz CT molecular complexity index is 721. The number of rotatable bonds is 9. The Balaban J connectivity index is 1.74. The maximum Gasteiger partial charge on any atom is 0.308 e. The molecule has 0 N–H and O–H groups in total. The van der Waals surface area contributed by atoms with E-state index >= 15 is 0 Å². The lowest BCUT2D eigenvalue weighted by molar-refractivity contribution is -0.192. The molecule has 0 aromatic rings. The van der Waals surface area contributed by atoms with Gasteiger partial charge in [-0.2, -0.15) is 0 Å². The summed E-state index contributed by atoms with van der Waals surface area (Å²) in [6, 6.07) is 0. The second-order valence-corrected chi connectivity index (χ2v) is 9.59. The van der Waals surface area contributed by atoms with E-state index in [4.69, 9.17) is 23.7 Å². The Hall–Kier alpha value is -2.09.